The van der Waals surface area contributed by atoms with Crippen molar-refractivity contribution in [2.24, 2.45) is 0 Å². The van der Waals surface area contributed by atoms with E-state index in [1.807, 2.05) is 54.6 Å². The van der Waals surface area contributed by atoms with Crippen LogP contribution in [-0.4, -0.2) is 9.97 Å². The van der Waals surface area contributed by atoms with Crippen LogP contribution in [0.25, 0.3) is 144 Å². The number of benzene rings is 10. The van der Waals surface area contributed by atoms with Gasteiger partial charge in [0.1, 0.15) is 33.5 Å². The minimum absolute atomic E-state index is 0.623. The van der Waals surface area contributed by atoms with E-state index in [4.69, 9.17) is 23.2 Å². The van der Waals surface area contributed by atoms with Crippen molar-refractivity contribution in [2.75, 3.05) is 0 Å². The van der Waals surface area contributed by atoms with Crippen molar-refractivity contribution in [3.8, 4) is 67.3 Å². The molecular weight excluding hydrogens is 821 g/mol. The van der Waals surface area contributed by atoms with Crippen molar-refractivity contribution in [2.45, 2.75) is 0 Å². The highest BCUT2D eigenvalue weighted by molar-refractivity contribution is 6.16. The predicted molar refractivity (Wildman–Crippen MR) is 274 cm³/mol. The molecule has 0 unspecified atom stereocenters. The van der Waals surface area contributed by atoms with Gasteiger partial charge >= 0.3 is 0 Å². The predicted octanol–water partition coefficient (Wildman–Crippen LogP) is 17.3. The minimum atomic E-state index is 0.623. The number of hydrogen-bond acceptors (Lipinski definition) is 5. The van der Waals surface area contributed by atoms with E-state index >= 15 is 0 Å². The van der Waals surface area contributed by atoms with Gasteiger partial charge in [0, 0.05) is 65.7 Å². The van der Waals surface area contributed by atoms with Gasteiger partial charge in [0.25, 0.3) is 0 Å². The maximum atomic E-state index is 6.90. The summed E-state index contributed by atoms with van der Waals surface area (Å²) in [5, 5.41) is 8.57. The average molecular weight is 857 g/mol. The van der Waals surface area contributed by atoms with E-state index < -0.39 is 0 Å². The molecule has 14 rings (SSSR count). The van der Waals surface area contributed by atoms with Crippen LogP contribution in [0.5, 0.6) is 0 Å². The standard InChI is InChI=1S/C62H36N2O3/c1-2-17-38(18-3-1)62-63-53(42-25-12-19-37-16-4-5-20-40(37)42)36-54(64-62)58-51(49-29-14-27-47-44-22-7-10-32-56(44)66-60(47)49)34-39(41-24-13-26-46-43-21-6-9-31-55(43)65-59(41)46)35-52(58)50-30-15-28-48-45-23-8-11-33-57(45)67-61(48)50/h1-36H. The molecule has 5 heteroatoms. The lowest BCUT2D eigenvalue weighted by Gasteiger charge is -2.20. The van der Waals surface area contributed by atoms with Gasteiger partial charge in [-0.15, -0.1) is 0 Å². The summed E-state index contributed by atoms with van der Waals surface area (Å²) < 4.78 is 20.6. The quantitative estimate of drug-likeness (QED) is 0.167. The van der Waals surface area contributed by atoms with Crippen LogP contribution in [0.1, 0.15) is 0 Å². The molecule has 0 atom stereocenters. The molecule has 0 aliphatic rings. The minimum Gasteiger partial charge on any atom is -0.455 e. The van der Waals surface area contributed by atoms with Crippen LogP contribution in [0, 0.1) is 0 Å². The summed E-state index contributed by atoms with van der Waals surface area (Å²) in [4.78, 5) is 11.0. The van der Waals surface area contributed by atoms with E-state index in [-0.39, 0.29) is 0 Å². The SMILES string of the molecule is c1ccc(-c2nc(-c3c(-c4cccc5c4oc4ccccc45)cc(-c4cccc5c4oc4ccccc45)cc3-c3cccc4c3oc3ccccc34)cc(-c3cccc4ccccc34)n2)cc1. The second-order valence-corrected chi connectivity index (χ2v) is 17.1. The normalized spacial score (nSPS) is 11.9. The molecule has 0 amide bonds. The van der Waals surface area contributed by atoms with Crippen LogP contribution in [0.15, 0.2) is 232 Å². The summed E-state index contributed by atoms with van der Waals surface area (Å²) in [6, 6.07) is 76.0. The Morgan fingerprint density at radius 3 is 1.27 bits per heavy atom. The molecule has 67 heavy (non-hydrogen) atoms. The van der Waals surface area contributed by atoms with Gasteiger partial charge in [0.2, 0.25) is 0 Å². The Balaban J connectivity index is 1.17. The molecule has 0 N–H and O–H groups in total. The molecule has 0 radical (unpaired) electrons. The third-order valence-electron chi connectivity index (χ3n) is 13.3. The second kappa shape index (κ2) is 14.7. The maximum absolute atomic E-state index is 6.90. The number of fused-ring (bicyclic) bond motifs is 10. The van der Waals surface area contributed by atoms with Crippen LogP contribution in [0.4, 0.5) is 0 Å². The first kappa shape index (κ1) is 37.3. The van der Waals surface area contributed by atoms with Gasteiger partial charge in [-0.3, -0.25) is 0 Å². The van der Waals surface area contributed by atoms with E-state index in [0.29, 0.717) is 5.82 Å². The molecule has 4 heterocycles. The van der Waals surface area contributed by atoms with Gasteiger partial charge in [-0.05, 0) is 63.9 Å². The van der Waals surface area contributed by atoms with Gasteiger partial charge in [-0.2, -0.15) is 0 Å². The Hall–Kier alpha value is -9.06. The van der Waals surface area contributed by atoms with Gasteiger partial charge in [-0.25, -0.2) is 9.97 Å². The van der Waals surface area contributed by atoms with Crippen molar-refractivity contribution in [1.29, 1.82) is 0 Å². The number of nitrogens with zero attached hydrogens (tertiary/aromatic N) is 2. The first-order valence-corrected chi connectivity index (χ1v) is 22.5. The van der Waals surface area contributed by atoms with Gasteiger partial charge in [0.15, 0.2) is 5.82 Å². The van der Waals surface area contributed by atoms with E-state index in [1.165, 1.54) is 0 Å². The molecule has 0 saturated carbocycles. The van der Waals surface area contributed by atoms with Crippen LogP contribution in [0.3, 0.4) is 0 Å². The molecule has 4 aromatic heterocycles. The fraction of sp³-hybridized carbons (Fsp3) is 0. The number of furan rings is 3. The van der Waals surface area contributed by atoms with Gasteiger partial charge in [0.05, 0.1) is 11.4 Å². The monoisotopic (exact) mass is 856 g/mol. The molecule has 0 saturated heterocycles. The number of rotatable bonds is 6. The molecule has 312 valence electrons. The summed E-state index contributed by atoms with van der Waals surface area (Å²) in [5.41, 5.74) is 15.1. The topological polar surface area (TPSA) is 65.2 Å². The Labute approximate surface area is 383 Å². The van der Waals surface area contributed by atoms with Crippen LogP contribution < -0.4 is 0 Å². The van der Waals surface area contributed by atoms with E-state index in [0.717, 1.165) is 138 Å². The fourth-order valence-electron chi connectivity index (χ4n) is 10.3. The third kappa shape index (κ3) is 5.88. The van der Waals surface area contributed by atoms with Crippen molar-refractivity contribution in [1.82, 2.24) is 9.97 Å². The van der Waals surface area contributed by atoms with Crippen molar-refractivity contribution in [3.05, 3.63) is 218 Å². The van der Waals surface area contributed by atoms with Crippen molar-refractivity contribution >= 4 is 76.6 Å². The zero-order chi connectivity index (χ0) is 44.0. The Morgan fingerprint density at radius 1 is 0.269 bits per heavy atom. The molecule has 5 nitrogen and oxygen atoms in total. The Morgan fingerprint density at radius 2 is 0.687 bits per heavy atom. The lowest BCUT2D eigenvalue weighted by atomic mass is 9.85. The molecule has 0 aliphatic heterocycles. The summed E-state index contributed by atoms with van der Waals surface area (Å²) >= 11 is 0. The number of para-hydroxylation sites is 6. The van der Waals surface area contributed by atoms with Crippen molar-refractivity contribution in [3.63, 3.8) is 0 Å². The Bertz CT molecular complexity index is 4150. The molecule has 0 aliphatic carbocycles. The summed E-state index contributed by atoms with van der Waals surface area (Å²) in [5.74, 6) is 0.623. The zero-order valence-corrected chi connectivity index (χ0v) is 35.9. The zero-order valence-electron chi connectivity index (χ0n) is 35.9. The highest BCUT2D eigenvalue weighted by atomic mass is 16.3. The van der Waals surface area contributed by atoms with Gasteiger partial charge < -0.3 is 13.3 Å². The molecule has 0 bridgehead atoms. The highest BCUT2D eigenvalue weighted by Crippen LogP contribution is 2.50. The molecule has 0 spiro atoms. The first-order valence-electron chi connectivity index (χ1n) is 22.5. The first-order chi connectivity index (χ1) is 33.2. The van der Waals surface area contributed by atoms with Gasteiger partial charge in [-0.1, -0.05) is 182 Å². The van der Waals surface area contributed by atoms with Crippen LogP contribution in [0.2, 0.25) is 0 Å². The molecular formula is C62H36N2O3. The third-order valence-corrected chi connectivity index (χ3v) is 13.3. The van der Waals surface area contributed by atoms with Crippen LogP contribution in [-0.2, 0) is 0 Å². The van der Waals surface area contributed by atoms with Crippen molar-refractivity contribution < 1.29 is 13.3 Å². The Kier molecular flexibility index (Phi) is 8.21. The van der Waals surface area contributed by atoms with Crippen LogP contribution >= 0.6 is 0 Å². The lowest BCUT2D eigenvalue weighted by Crippen LogP contribution is -2.00. The summed E-state index contributed by atoms with van der Waals surface area (Å²) in [6.07, 6.45) is 0. The van der Waals surface area contributed by atoms with E-state index in [1.54, 1.807) is 0 Å². The summed E-state index contributed by atoms with van der Waals surface area (Å²) in [7, 11) is 0. The number of aromatic nitrogens is 2. The maximum Gasteiger partial charge on any atom is 0.160 e. The molecule has 14 aromatic rings. The lowest BCUT2D eigenvalue weighted by molar-refractivity contribution is 0.670. The smallest absolute Gasteiger partial charge is 0.160 e. The molecule has 0 fully saturated rings. The summed E-state index contributed by atoms with van der Waals surface area (Å²) in [6.45, 7) is 0. The molecule has 10 aromatic carbocycles. The number of hydrogen-bond donors (Lipinski definition) is 0. The second-order valence-electron chi connectivity index (χ2n) is 17.1. The van der Waals surface area contributed by atoms with E-state index in [9.17, 15) is 0 Å². The highest BCUT2D eigenvalue weighted by Gasteiger charge is 2.26. The average Bonchev–Trinajstić information content (AvgIpc) is 4.10. The largest absolute Gasteiger partial charge is 0.455 e. The van der Waals surface area contributed by atoms with E-state index in [2.05, 4.69) is 164 Å². The fourth-order valence-corrected chi connectivity index (χ4v) is 10.3.